The molecule has 0 unspecified atom stereocenters. The number of amides is 1. The summed E-state index contributed by atoms with van der Waals surface area (Å²) in [6.07, 6.45) is -1.06. The Balaban J connectivity index is 2.50. The smallest absolute Gasteiger partial charge is 0.334 e. The molecule has 0 aromatic heterocycles. The Morgan fingerprint density at radius 2 is 1.89 bits per heavy atom. The third-order valence-electron chi connectivity index (χ3n) is 2.67. The zero-order valence-electron chi connectivity index (χ0n) is 10.3. The minimum absolute atomic E-state index is 0.298. The molecule has 0 fully saturated rings. The van der Waals surface area contributed by atoms with E-state index in [-0.39, 0.29) is 18.4 Å². The van der Waals surface area contributed by atoms with E-state index in [0.717, 1.165) is 5.56 Å². The Labute approximate surface area is 117 Å². The Hall–Kier alpha value is -1.53. The van der Waals surface area contributed by atoms with Crippen molar-refractivity contribution in [3.05, 3.63) is 35.9 Å². The molecular weight excluding hydrogens is 266 g/mol. The van der Waals surface area contributed by atoms with E-state index in [9.17, 15) is 9.59 Å². The summed E-state index contributed by atoms with van der Waals surface area (Å²) in [7, 11) is 0. The van der Waals surface area contributed by atoms with E-state index in [2.05, 4.69) is 17.9 Å². The standard InChI is InChI=1S/C13H17NO4S/c15-11(13(17)18)7-14-12(16)10(8-19)6-9-4-2-1-3-5-9/h1-5,10-11,15,19H,6-8H2,(H,14,16)(H,17,18)/t10-,11-/m0/s1. The zero-order chi connectivity index (χ0) is 14.3. The lowest BCUT2D eigenvalue weighted by Gasteiger charge is -2.15. The molecular formula is C13H17NO4S. The second-order valence-corrected chi connectivity index (χ2v) is 4.53. The summed E-state index contributed by atoms with van der Waals surface area (Å²) in [4.78, 5) is 22.3. The van der Waals surface area contributed by atoms with Gasteiger partial charge in [-0.2, -0.15) is 12.6 Å². The number of carboxylic acid groups (broad SMARTS) is 1. The lowest BCUT2D eigenvalue weighted by atomic mass is 10.0. The average Bonchev–Trinajstić information content (AvgIpc) is 2.42. The topological polar surface area (TPSA) is 86.6 Å². The van der Waals surface area contributed by atoms with Gasteiger partial charge in [0.05, 0.1) is 12.5 Å². The van der Waals surface area contributed by atoms with Crippen molar-refractivity contribution in [3.63, 3.8) is 0 Å². The molecule has 0 radical (unpaired) electrons. The number of rotatable bonds is 7. The van der Waals surface area contributed by atoms with Crippen LogP contribution in [-0.4, -0.2) is 40.5 Å². The molecule has 0 aliphatic carbocycles. The maximum Gasteiger partial charge on any atom is 0.334 e. The SMILES string of the molecule is O=C(NC[C@H](O)C(=O)O)[C@H](CS)Cc1ccccc1. The number of hydrogen-bond acceptors (Lipinski definition) is 4. The van der Waals surface area contributed by atoms with Gasteiger partial charge in [0.25, 0.3) is 0 Å². The van der Waals surface area contributed by atoms with Gasteiger partial charge in [0.15, 0.2) is 6.10 Å². The number of carbonyl (C=O) groups is 2. The van der Waals surface area contributed by atoms with E-state index < -0.39 is 12.1 Å². The molecule has 1 amide bonds. The highest BCUT2D eigenvalue weighted by atomic mass is 32.1. The van der Waals surface area contributed by atoms with Crippen LogP contribution >= 0.6 is 12.6 Å². The second kappa shape index (κ2) is 7.81. The van der Waals surface area contributed by atoms with E-state index >= 15 is 0 Å². The highest BCUT2D eigenvalue weighted by Gasteiger charge is 2.20. The lowest BCUT2D eigenvalue weighted by molar-refractivity contribution is -0.146. The molecule has 1 aromatic rings. The molecule has 0 spiro atoms. The van der Waals surface area contributed by atoms with Crippen molar-refractivity contribution in [3.8, 4) is 0 Å². The number of carbonyl (C=O) groups excluding carboxylic acids is 1. The first-order valence-corrected chi connectivity index (χ1v) is 6.51. The Morgan fingerprint density at radius 1 is 1.26 bits per heavy atom. The van der Waals surface area contributed by atoms with Crippen molar-refractivity contribution in [1.29, 1.82) is 0 Å². The lowest BCUT2D eigenvalue weighted by Crippen LogP contribution is -2.40. The number of nitrogens with one attached hydrogen (secondary N) is 1. The van der Waals surface area contributed by atoms with E-state index in [4.69, 9.17) is 10.2 Å². The molecule has 1 aromatic carbocycles. The number of hydrogen-bond donors (Lipinski definition) is 4. The van der Waals surface area contributed by atoms with Gasteiger partial charge in [-0.25, -0.2) is 4.79 Å². The van der Waals surface area contributed by atoms with Gasteiger partial charge in [0.2, 0.25) is 5.91 Å². The van der Waals surface area contributed by atoms with Crippen molar-refractivity contribution in [2.24, 2.45) is 5.92 Å². The van der Waals surface area contributed by atoms with Gasteiger partial charge in [0, 0.05) is 5.75 Å². The van der Waals surface area contributed by atoms with E-state index in [0.29, 0.717) is 12.2 Å². The summed E-state index contributed by atoms with van der Waals surface area (Å²) >= 11 is 4.13. The minimum atomic E-state index is -1.58. The van der Waals surface area contributed by atoms with E-state index in [1.54, 1.807) is 0 Å². The molecule has 3 N–H and O–H groups in total. The predicted octanol–water partition coefficient (Wildman–Crippen LogP) is 0.337. The van der Waals surface area contributed by atoms with Crippen LogP contribution in [0.25, 0.3) is 0 Å². The fourth-order valence-electron chi connectivity index (χ4n) is 1.57. The Morgan fingerprint density at radius 3 is 2.42 bits per heavy atom. The number of carboxylic acids is 1. The Bertz CT molecular complexity index is 424. The summed E-state index contributed by atoms with van der Waals surface area (Å²) in [5, 5.41) is 20.0. The molecule has 2 atom stereocenters. The van der Waals surface area contributed by atoms with Crippen molar-refractivity contribution in [1.82, 2.24) is 5.32 Å². The zero-order valence-corrected chi connectivity index (χ0v) is 11.2. The van der Waals surface area contributed by atoms with E-state index in [1.807, 2.05) is 30.3 Å². The van der Waals surface area contributed by atoms with Crippen LogP contribution in [0.3, 0.4) is 0 Å². The maximum atomic E-state index is 11.8. The normalized spacial score (nSPS) is 13.6. The number of aliphatic hydroxyl groups is 1. The fourth-order valence-corrected chi connectivity index (χ4v) is 1.86. The molecule has 0 aliphatic heterocycles. The van der Waals surface area contributed by atoms with Crippen LogP contribution in [0, 0.1) is 5.92 Å². The van der Waals surface area contributed by atoms with Crippen molar-refractivity contribution < 1.29 is 19.8 Å². The number of benzene rings is 1. The monoisotopic (exact) mass is 283 g/mol. The average molecular weight is 283 g/mol. The molecule has 0 heterocycles. The van der Waals surface area contributed by atoms with Crippen LogP contribution in [0.1, 0.15) is 5.56 Å². The Kier molecular flexibility index (Phi) is 6.38. The summed E-state index contributed by atoms with van der Waals surface area (Å²) in [5.41, 5.74) is 1.01. The first-order valence-electron chi connectivity index (χ1n) is 5.88. The molecule has 5 nitrogen and oxygen atoms in total. The first kappa shape index (κ1) is 15.5. The van der Waals surface area contributed by atoms with Gasteiger partial charge in [-0.05, 0) is 12.0 Å². The first-order chi connectivity index (χ1) is 9.04. The van der Waals surface area contributed by atoms with Crippen molar-refractivity contribution in [2.75, 3.05) is 12.3 Å². The van der Waals surface area contributed by atoms with Gasteiger partial charge >= 0.3 is 5.97 Å². The highest BCUT2D eigenvalue weighted by molar-refractivity contribution is 7.80. The molecule has 0 saturated carbocycles. The summed E-state index contributed by atoms with van der Waals surface area (Å²) in [6.45, 7) is -0.298. The van der Waals surface area contributed by atoms with Crippen LogP contribution in [0.4, 0.5) is 0 Å². The van der Waals surface area contributed by atoms with Crippen LogP contribution in [0.2, 0.25) is 0 Å². The number of thiol groups is 1. The summed E-state index contributed by atoms with van der Waals surface area (Å²) in [6, 6.07) is 9.49. The number of aliphatic hydroxyl groups excluding tert-OH is 1. The second-order valence-electron chi connectivity index (χ2n) is 4.17. The summed E-state index contributed by atoms with van der Waals surface area (Å²) in [5.74, 6) is -1.67. The quantitative estimate of drug-likeness (QED) is 0.543. The molecule has 1 rings (SSSR count). The van der Waals surface area contributed by atoms with Gasteiger partial charge in [-0.15, -0.1) is 0 Å². The number of aliphatic carboxylic acids is 1. The van der Waals surface area contributed by atoms with Crippen molar-refractivity contribution in [2.45, 2.75) is 12.5 Å². The van der Waals surface area contributed by atoms with Crippen LogP contribution < -0.4 is 5.32 Å². The van der Waals surface area contributed by atoms with Gasteiger partial charge in [-0.1, -0.05) is 30.3 Å². The van der Waals surface area contributed by atoms with E-state index in [1.165, 1.54) is 0 Å². The predicted molar refractivity (Wildman–Crippen MR) is 74.1 cm³/mol. The van der Waals surface area contributed by atoms with Crippen LogP contribution in [0.5, 0.6) is 0 Å². The largest absolute Gasteiger partial charge is 0.479 e. The van der Waals surface area contributed by atoms with Crippen LogP contribution in [0.15, 0.2) is 30.3 Å². The summed E-state index contributed by atoms with van der Waals surface area (Å²) < 4.78 is 0. The third-order valence-corrected chi connectivity index (χ3v) is 3.11. The highest BCUT2D eigenvalue weighted by Crippen LogP contribution is 2.10. The molecule has 6 heteroatoms. The molecule has 0 saturated heterocycles. The van der Waals surface area contributed by atoms with Crippen LogP contribution in [-0.2, 0) is 16.0 Å². The third kappa shape index (κ3) is 5.32. The van der Waals surface area contributed by atoms with Crippen molar-refractivity contribution >= 4 is 24.5 Å². The fraction of sp³-hybridized carbons (Fsp3) is 0.385. The van der Waals surface area contributed by atoms with Gasteiger partial charge in [-0.3, -0.25) is 4.79 Å². The van der Waals surface area contributed by atoms with Gasteiger partial charge in [0.1, 0.15) is 0 Å². The molecule has 0 bridgehead atoms. The minimum Gasteiger partial charge on any atom is -0.479 e. The maximum absolute atomic E-state index is 11.8. The molecule has 0 aliphatic rings. The molecule has 104 valence electrons. The van der Waals surface area contributed by atoms with Gasteiger partial charge < -0.3 is 15.5 Å². The molecule has 19 heavy (non-hydrogen) atoms.